The highest BCUT2D eigenvalue weighted by Crippen LogP contribution is 2.30. The largest absolute Gasteiger partial charge is 0.375 e. The Morgan fingerprint density at radius 2 is 2.24 bits per heavy atom. The first-order valence-corrected chi connectivity index (χ1v) is 6.72. The fourth-order valence-corrected chi connectivity index (χ4v) is 2.52. The van der Waals surface area contributed by atoms with E-state index in [9.17, 15) is 9.59 Å². The molecule has 0 saturated carbocycles. The minimum Gasteiger partial charge on any atom is -0.375 e. The summed E-state index contributed by atoms with van der Waals surface area (Å²) in [7, 11) is 2.94. The SMILES string of the molecule is CNC(=O)c1nc(SC)sc1NC(=O)COC. The first kappa shape index (κ1) is 13.9. The van der Waals surface area contributed by atoms with Crippen LogP contribution in [-0.4, -0.2) is 43.8 Å². The zero-order valence-corrected chi connectivity index (χ0v) is 11.3. The van der Waals surface area contributed by atoms with Gasteiger partial charge in [0.1, 0.15) is 11.6 Å². The number of ether oxygens (including phenoxy) is 1. The number of thioether (sulfide) groups is 1. The molecule has 0 fully saturated rings. The molecule has 1 rings (SSSR count). The molecule has 0 atom stereocenters. The molecule has 0 saturated heterocycles. The van der Waals surface area contributed by atoms with Crippen molar-refractivity contribution < 1.29 is 14.3 Å². The molecule has 0 radical (unpaired) electrons. The third-order valence-electron chi connectivity index (χ3n) is 1.75. The normalized spacial score (nSPS) is 10.1. The van der Waals surface area contributed by atoms with Crippen molar-refractivity contribution in [3.63, 3.8) is 0 Å². The van der Waals surface area contributed by atoms with Crippen LogP contribution in [0.4, 0.5) is 5.00 Å². The van der Waals surface area contributed by atoms with Crippen LogP contribution in [0.25, 0.3) is 0 Å². The molecule has 2 amide bonds. The van der Waals surface area contributed by atoms with E-state index in [1.807, 2.05) is 6.26 Å². The van der Waals surface area contributed by atoms with E-state index in [0.717, 1.165) is 4.34 Å². The average molecular weight is 275 g/mol. The number of hydrogen-bond acceptors (Lipinski definition) is 6. The molecule has 6 nitrogen and oxygen atoms in total. The third kappa shape index (κ3) is 3.69. The maximum atomic E-state index is 11.5. The summed E-state index contributed by atoms with van der Waals surface area (Å²) in [4.78, 5) is 27.0. The van der Waals surface area contributed by atoms with Gasteiger partial charge in [-0.3, -0.25) is 9.59 Å². The maximum absolute atomic E-state index is 11.5. The monoisotopic (exact) mass is 275 g/mol. The third-order valence-corrected chi connectivity index (χ3v) is 3.71. The summed E-state index contributed by atoms with van der Waals surface area (Å²) in [5, 5.41) is 5.52. The number of carbonyl (C=O) groups is 2. The smallest absolute Gasteiger partial charge is 0.272 e. The van der Waals surface area contributed by atoms with Crippen LogP contribution in [0, 0.1) is 0 Å². The van der Waals surface area contributed by atoms with E-state index in [0.29, 0.717) is 5.00 Å². The predicted octanol–water partition coefficient (Wildman–Crippen LogP) is 0.809. The number of methoxy groups -OCH3 is 1. The number of nitrogens with one attached hydrogen (secondary N) is 2. The second-order valence-corrected chi connectivity index (χ2v) is 4.97. The molecule has 0 aliphatic heterocycles. The van der Waals surface area contributed by atoms with Gasteiger partial charge in [-0.15, -0.1) is 0 Å². The van der Waals surface area contributed by atoms with Crippen molar-refractivity contribution in [2.75, 3.05) is 32.3 Å². The molecule has 0 aromatic carbocycles. The minimum atomic E-state index is -0.325. The Morgan fingerprint density at radius 1 is 1.53 bits per heavy atom. The zero-order chi connectivity index (χ0) is 12.8. The number of aromatic nitrogens is 1. The Balaban J connectivity index is 2.92. The summed E-state index contributed by atoms with van der Waals surface area (Å²) in [6.45, 7) is -0.0559. The Kier molecular flexibility index (Phi) is 5.39. The molecule has 0 aliphatic carbocycles. The van der Waals surface area contributed by atoms with E-state index >= 15 is 0 Å². The van der Waals surface area contributed by atoms with Crippen molar-refractivity contribution in [3.8, 4) is 0 Å². The van der Waals surface area contributed by atoms with E-state index in [4.69, 9.17) is 4.74 Å². The van der Waals surface area contributed by atoms with Gasteiger partial charge >= 0.3 is 0 Å². The second kappa shape index (κ2) is 6.58. The molecule has 94 valence electrons. The van der Waals surface area contributed by atoms with Crippen molar-refractivity contribution >= 4 is 39.9 Å². The zero-order valence-electron chi connectivity index (χ0n) is 9.70. The highest BCUT2D eigenvalue weighted by atomic mass is 32.2. The van der Waals surface area contributed by atoms with Crippen LogP contribution in [0.3, 0.4) is 0 Å². The van der Waals surface area contributed by atoms with Gasteiger partial charge in [0, 0.05) is 14.2 Å². The summed E-state index contributed by atoms with van der Waals surface area (Å²) in [5.41, 5.74) is 0.228. The van der Waals surface area contributed by atoms with Crippen LogP contribution in [0.2, 0.25) is 0 Å². The van der Waals surface area contributed by atoms with Crippen molar-refractivity contribution in [2.45, 2.75) is 4.34 Å². The molecule has 0 bridgehead atoms. The number of amides is 2. The van der Waals surface area contributed by atoms with Gasteiger partial charge in [-0.2, -0.15) is 0 Å². The Bertz CT molecular complexity index is 420. The van der Waals surface area contributed by atoms with E-state index in [2.05, 4.69) is 15.6 Å². The van der Waals surface area contributed by atoms with E-state index < -0.39 is 0 Å². The lowest BCUT2D eigenvalue weighted by Crippen LogP contribution is -2.22. The summed E-state index contributed by atoms with van der Waals surface area (Å²) in [6.07, 6.45) is 1.85. The first-order chi connectivity index (χ1) is 8.12. The van der Waals surface area contributed by atoms with Crippen molar-refractivity contribution in [3.05, 3.63) is 5.69 Å². The van der Waals surface area contributed by atoms with Crippen LogP contribution >= 0.6 is 23.1 Å². The number of anilines is 1. The fraction of sp³-hybridized carbons (Fsp3) is 0.444. The molecule has 8 heteroatoms. The highest BCUT2D eigenvalue weighted by molar-refractivity contribution is 8.00. The van der Waals surface area contributed by atoms with E-state index in [1.54, 1.807) is 0 Å². The lowest BCUT2D eigenvalue weighted by atomic mass is 10.4. The van der Waals surface area contributed by atoms with E-state index in [-0.39, 0.29) is 24.1 Å². The van der Waals surface area contributed by atoms with Gasteiger partial charge in [-0.05, 0) is 6.26 Å². The standard InChI is InChI=1S/C9H13N3O3S2/c1-10-7(14)6-8(11-5(13)4-15-2)17-9(12-6)16-3/h4H2,1-3H3,(H,10,14)(H,11,13). The van der Waals surface area contributed by atoms with Crippen molar-refractivity contribution in [1.29, 1.82) is 0 Å². The van der Waals surface area contributed by atoms with Crippen LogP contribution in [0.15, 0.2) is 4.34 Å². The van der Waals surface area contributed by atoms with Crippen molar-refractivity contribution in [2.24, 2.45) is 0 Å². The quantitative estimate of drug-likeness (QED) is 0.777. The summed E-state index contributed by atoms with van der Waals surface area (Å²) in [6, 6.07) is 0. The molecule has 0 unspecified atom stereocenters. The molecule has 1 heterocycles. The van der Waals surface area contributed by atoms with Gasteiger partial charge in [0.25, 0.3) is 11.8 Å². The van der Waals surface area contributed by atoms with Gasteiger partial charge in [-0.25, -0.2) is 4.98 Å². The fourth-order valence-electron chi connectivity index (χ4n) is 1.04. The van der Waals surface area contributed by atoms with Crippen molar-refractivity contribution in [1.82, 2.24) is 10.3 Å². The van der Waals surface area contributed by atoms with Crippen LogP contribution in [-0.2, 0) is 9.53 Å². The van der Waals surface area contributed by atoms with Crippen LogP contribution < -0.4 is 10.6 Å². The Morgan fingerprint density at radius 3 is 2.76 bits per heavy atom. The molecule has 0 aliphatic rings. The predicted molar refractivity (Wildman–Crippen MR) is 67.8 cm³/mol. The summed E-state index contributed by atoms with van der Waals surface area (Å²) >= 11 is 2.68. The number of carbonyl (C=O) groups excluding carboxylic acids is 2. The Labute approximate surface area is 107 Å². The van der Waals surface area contributed by atoms with Gasteiger partial charge in [0.05, 0.1) is 0 Å². The molecule has 1 aromatic rings. The summed E-state index contributed by atoms with van der Waals surface area (Å²) < 4.78 is 5.42. The first-order valence-electron chi connectivity index (χ1n) is 4.68. The molecular weight excluding hydrogens is 262 g/mol. The van der Waals surface area contributed by atoms with Gasteiger partial charge in [0.2, 0.25) is 0 Å². The lowest BCUT2D eigenvalue weighted by Gasteiger charge is -2.03. The number of hydrogen-bond donors (Lipinski definition) is 2. The molecular formula is C9H13N3O3S2. The number of nitrogens with zero attached hydrogens (tertiary/aromatic N) is 1. The van der Waals surface area contributed by atoms with E-state index in [1.165, 1.54) is 37.3 Å². The molecule has 2 N–H and O–H groups in total. The van der Waals surface area contributed by atoms with Gasteiger partial charge < -0.3 is 15.4 Å². The highest BCUT2D eigenvalue weighted by Gasteiger charge is 2.18. The summed E-state index contributed by atoms with van der Waals surface area (Å²) in [5.74, 6) is -0.636. The molecule has 17 heavy (non-hydrogen) atoms. The number of thiazole rings is 1. The Hall–Kier alpha value is -1.12. The van der Waals surface area contributed by atoms with Crippen LogP contribution in [0.1, 0.15) is 10.5 Å². The van der Waals surface area contributed by atoms with Crippen LogP contribution in [0.5, 0.6) is 0 Å². The molecule has 1 aromatic heterocycles. The van der Waals surface area contributed by atoms with Gasteiger partial charge in [-0.1, -0.05) is 23.1 Å². The average Bonchev–Trinajstić information content (AvgIpc) is 2.71. The topological polar surface area (TPSA) is 80.3 Å². The molecule has 0 spiro atoms. The lowest BCUT2D eigenvalue weighted by molar-refractivity contribution is -0.119. The second-order valence-electron chi connectivity index (χ2n) is 2.92. The minimum absolute atomic E-state index is 0.0559. The maximum Gasteiger partial charge on any atom is 0.272 e. The van der Waals surface area contributed by atoms with Gasteiger partial charge in [0.15, 0.2) is 10.0 Å². The number of rotatable bonds is 5.